The number of carbonyl (C=O) groups excluding carboxylic acids is 1. The van der Waals surface area contributed by atoms with Gasteiger partial charge in [-0.25, -0.2) is 0 Å². The Morgan fingerprint density at radius 2 is 1.75 bits per heavy atom. The molecule has 3 rings (SSSR count). The van der Waals surface area contributed by atoms with Gasteiger partial charge in [0, 0.05) is 24.3 Å². The number of rotatable bonds is 5. The van der Waals surface area contributed by atoms with Crippen molar-refractivity contribution < 1.29 is 19.4 Å². The van der Waals surface area contributed by atoms with Crippen LogP contribution in [0.4, 0.5) is 17.1 Å². The summed E-state index contributed by atoms with van der Waals surface area (Å²) in [7, 11) is 0. The Bertz CT molecular complexity index is 1010. The van der Waals surface area contributed by atoms with E-state index in [-0.39, 0.29) is 29.5 Å². The first-order valence-electron chi connectivity index (χ1n) is 8.17. The molecule has 1 aliphatic heterocycles. The van der Waals surface area contributed by atoms with Crippen LogP contribution >= 0.6 is 0 Å². The van der Waals surface area contributed by atoms with E-state index >= 15 is 0 Å². The third-order valence-corrected chi connectivity index (χ3v) is 3.82. The lowest BCUT2D eigenvalue weighted by molar-refractivity contribution is -0.385. The highest BCUT2D eigenvalue weighted by atomic mass is 16.6. The van der Waals surface area contributed by atoms with Crippen LogP contribution in [0.25, 0.3) is 6.08 Å². The Hall–Kier alpha value is -4.08. The summed E-state index contributed by atoms with van der Waals surface area (Å²) >= 11 is 0. The first-order valence-corrected chi connectivity index (χ1v) is 8.17. The van der Waals surface area contributed by atoms with E-state index in [0.717, 1.165) is 5.01 Å². The molecule has 0 bridgehead atoms. The summed E-state index contributed by atoms with van der Waals surface area (Å²) in [6, 6.07) is 11.1. The third-order valence-electron chi connectivity index (χ3n) is 3.82. The maximum atomic E-state index is 12.8. The van der Waals surface area contributed by atoms with E-state index in [1.165, 1.54) is 48.5 Å². The molecule has 2 aromatic rings. The number of nitrogens with zero attached hydrogens (tertiary/aromatic N) is 4. The number of amides is 1. The summed E-state index contributed by atoms with van der Waals surface area (Å²) in [4.78, 5) is 33.5. The van der Waals surface area contributed by atoms with E-state index in [4.69, 9.17) is 4.74 Å². The summed E-state index contributed by atoms with van der Waals surface area (Å²) < 4.78 is 5.43. The fourth-order valence-corrected chi connectivity index (χ4v) is 2.55. The first-order chi connectivity index (χ1) is 13.4. The van der Waals surface area contributed by atoms with E-state index in [2.05, 4.69) is 5.10 Å². The molecule has 142 valence electrons. The van der Waals surface area contributed by atoms with Crippen molar-refractivity contribution in [3.05, 3.63) is 79.9 Å². The zero-order chi connectivity index (χ0) is 20.3. The molecule has 0 unspecified atom stereocenters. The molecule has 0 aliphatic carbocycles. The molecule has 10 nitrogen and oxygen atoms in total. The molecule has 1 amide bonds. The maximum absolute atomic E-state index is 12.8. The monoisotopic (exact) mass is 382 g/mol. The molecule has 0 atom stereocenters. The van der Waals surface area contributed by atoms with E-state index in [0.29, 0.717) is 11.3 Å². The largest absolute Gasteiger partial charge is 0.476 e. The molecular weight excluding hydrogens is 368 g/mol. The van der Waals surface area contributed by atoms with Gasteiger partial charge in [0.1, 0.15) is 5.57 Å². The number of nitro benzene ring substituents is 2. The van der Waals surface area contributed by atoms with Gasteiger partial charge in [0.05, 0.1) is 22.1 Å². The molecule has 0 saturated heterocycles. The number of hydrazone groups is 1. The number of non-ortho nitro benzene ring substituents is 2. The van der Waals surface area contributed by atoms with Gasteiger partial charge < -0.3 is 4.74 Å². The first kappa shape index (κ1) is 18.7. The number of anilines is 1. The zero-order valence-corrected chi connectivity index (χ0v) is 14.6. The van der Waals surface area contributed by atoms with Crippen LogP contribution in [-0.4, -0.2) is 28.3 Å². The Kier molecular flexibility index (Phi) is 5.12. The van der Waals surface area contributed by atoms with Crippen LogP contribution in [0, 0.1) is 20.2 Å². The van der Waals surface area contributed by atoms with Gasteiger partial charge in [0.2, 0.25) is 5.90 Å². The van der Waals surface area contributed by atoms with Gasteiger partial charge >= 0.3 is 0 Å². The van der Waals surface area contributed by atoms with E-state index in [1.54, 1.807) is 13.0 Å². The zero-order valence-electron chi connectivity index (χ0n) is 14.6. The number of benzene rings is 2. The molecule has 1 aliphatic rings. The Labute approximate surface area is 158 Å². The Morgan fingerprint density at radius 3 is 2.36 bits per heavy atom. The highest BCUT2D eigenvalue weighted by Crippen LogP contribution is 2.27. The molecule has 0 N–H and O–H groups in total. The highest BCUT2D eigenvalue weighted by Gasteiger charge is 2.33. The average Bonchev–Trinajstić information content (AvgIpc) is 2.98. The lowest BCUT2D eigenvalue weighted by Gasteiger charge is -2.10. The van der Waals surface area contributed by atoms with Crippen LogP contribution in [0.3, 0.4) is 0 Å². The topological polar surface area (TPSA) is 128 Å². The van der Waals surface area contributed by atoms with Crippen molar-refractivity contribution in [2.75, 3.05) is 11.6 Å². The Balaban J connectivity index is 1.97. The number of ether oxygens (including phenoxy) is 1. The van der Waals surface area contributed by atoms with Gasteiger partial charge in [-0.2, -0.15) is 5.01 Å². The summed E-state index contributed by atoms with van der Waals surface area (Å²) in [5, 5.41) is 26.9. The molecule has 0 fully saturated rings. The number of hydrogen-bond acceptors (Lipinski definition) is 7. The molecule has 2 aromatic carbocycles. The van der Waals surface area contributed by atoms with Crippen LogP contribution in [0.15, 0.2) is 59.2 Å². The lowest BCUT2D eigenvalue weighted by Crippen LogP contribution is -2.21. The van der Waals surface area contributed by atoms with Gasteiger partial charge in [-0.05, 0) is 30.7 Å². The quantitative estimate of drug-likeness (QED) is 0.443. The number of hydrogen-bond donors (Lipinski definition) is 0. The number of carbonyl (C=O) groups is 1. The van der Waals surface area contributed by atoms with Crippen molar-refractivity contribution in [2.24, 2.45) is 5.10 Å². The fourth-order valence-electron chi connectivity index (χ4n) is 2.55. The maximum Gasteiger partial charge on any atom is 0.284 e. The predicted octanol–water partition coefficient (Wildman–Crippen LogP) is 3.28. The number of nitro groups is 2. The van der Waals surface area contributed by atoms with Crippen molar-refractivity contribution in [2.45, 2.75) is 6.92 Å². The molecule has 0 spiro atoms. The second-order valence-corrected chi connectivity index (χ2v) is 5.64. The molecule has 0 radical (unpaired) electrons. The normalized spacial score (nSPS) is 14.9. The van der Waals surface area contributed by atoms with Crippen LogP contribution in [0.2, 0.25) is 0 Å². The summed E-state index contributed by atoms with van der Waals surface area (Å²) in [5.41, 5.74) is 0.671. The van der Waals surface area contributed by atoms with Gasteiger partial charge in [-0.3, -0.25) is 25.0 Å². The van der Waals surface area contributed by atoms with Crippen LogP contribution < -0.4 is 5.01 Å². The van der Waals surface area contributed by atoms with Crippen LogP contribution in [-0.2, 0) is 9.53 Å². The SMILES string of the molecule is CCOC1=NN(c2ccc([N+](=O)[O-])cc2)C(=O)/C1=C/c1cccc([N+](=O)[O-])c1. The predicted molar refractivity (Wildman–Crippen MR) is 101 cm³/mol. The second-order valence-electron chi connectivity index (χ2n) is 5.64. The molecule has 0 saturated carbocycles. The summed E-state index contributed by atoms with van der Waals surface area (Å²) in [5.74, 6) is -0.443. The smallest absolute Gasteiger partial charge is 0.284 e. The van der Waals surface area contributed by atoms with Crippen molar-refractivity contribution >= 4 is 34.9 Å². The highest BCUT2D eigenvalue weighted by molar-refractivity contribution is 6.30. The van der Waals surface area contributed by atoms with Crippen molar-refractivity contribution in [1.29, 1.82) is 0 Å². The standard InChI is InChI=1S/C18H14N4O6/c1-2-28-17-16(11-12-4-3-5-15(10-12)22(26)27)18(23)20(19-17)13-6-8-14(9-7-13)21(24)25/h3-11H,2H2,1H3/b16-11+. The lowest BCUT2D eigenvalue weighted by atomic mass is 10.1. The van der Waals surface area contributed by atoms with E-state index in [1.807, 2.05) is 0 Å². The summed E-state index contributed by atoms with van der Waals surface area (Å²) in [6.07, 6.45) is 1.45. The average molecular weight is 382 g/mol. The third kappa shape index (κ3) is 3.70. The van der Waals surface area contributed by atoms with Gasteiger partial charge in [-0.1, -0.05) is 12.1 Å². The van der Waals surface area contributed by atoms with Crippen molar-refractivity contribution in [3.63, 3.8) is 0 Å². The molecule has 0 aromatic heterocycles. The van der Waals surface area contributed by atoms with Gasteiger partial charge in [0.25, 0.3) is 17.3 Å². The minimum absolute atomic E-state index is 0.0670. The van der Waals surface area contributed by atoms with Gasteiger partial charge in [-0.15, -0.1) is 5.10 Å². The summed E-state index contributed by atoms with van der Waals surface area (Å²) in [6.45, 7) is 1.99. The molecular formula is C18H14N4O6. The van der Waals surface area contributed by atoms with Crippen molar-refractivity contribution in [1.82, 2.24) is 0 Å². The minimum Gasteiger partial charge on any atom is -0.476 e. The van der Waals surface area contributed by atoms with Crippen LogP contribution in [0.1, 0.15) is 12.5 Å². The molecule has 28 heavy (non-hydrogen) atoms. The van der Waals surface area contributed by atoms with Gasteiger partial charge in [0.15, 0.2) is 0 Å². The fraction of sp³-hybridized carbons (Fsp3) is 0.111. The molecule has 10 heteroatoms. The second kappa shape index (κ2) is 7.66. The van der Waals surface area contributed by atoms with Crippen LogP contribution in [0.5, 0.6) is 0 Å². The van der Waals surface area contributed by atoms with E-state index in [9.17, 15) is 25.0 Å². The minimum atomic E-state index is -0.544. The van der Waals surface area contributed by atoms with E-state index < -0.39 is 15.8 Å². The Morgan fingerprint density at radius 1 is 1.07 bits per heavy atom. The van der Waals surface area contributed by atoms with Crippen molar-refractivity contribution in [3.8, 4) is 0 Å². The molecule has 1 heterocycles.